The molecule has 1 heterocycles. The molecule has 1 aromatic carbocycles. The fourth-order valence-corrected chi connectivity index (χ4v) is 3.21. The molecule has 0 saturated carbocycles. The third-order valence-corrected chi connectivity index (χ3v) is 4.68. The van der Waals surface area contributed by atoms with Crippen LogP contribution < -0.4 is 10.2 Å². The normalized spacial score (nSPS) is 16.6. The maximum atomic E-state index is 12.4. The lowest BCUT2D eigenvalue weighted by atomic mass is 9.92. The molecule has 3 rings (SSSR count). The number of benzene rings is 1. The van der Waals surface area contributed by atoms with E-state index in [-0.39, 0.29) is 11.9 Å². The SMILES string of the molecule is CN(C)c1ncc2c(n1)CCC(NC(=O)c1ccccc1Br)C2. The van der Waals surface area contributed by atoms with Gasteiger partial charge in [-0.1, -0.05) is 12.1 Å². The van der Waals surface area contributed by atoms with Crippen molar-refractivity contribution in [1.82, 2.24) is 15.3 Å². The van der Waals surface area contributed by atoms with Crippen molar-refractivity contribution in [3.05, 3.63) is 51.8 Å². The minimum absolute atomic E-state index is 0.0447. The highest BCUT2D eigenvalue weighted by molar-refractivity contribution is 9.10. The molecule has 5 nitrogen and oxygen atoms in total. The van der Waals surface area contributed by atoms with Crippen molar-refractivity contribution >= 4 is 27.8 Å². The van der Waals surface area contributed by atoms with Crippen LogP contribution in [0.4, 0.5) is 5.95 Å². The van der Waals surface area contributed by atoms with Crippen LogP contribution in [0.1, 0.15) is 28.0 Å². The number of rotatable bonds is 3. The van der Waals surface area contributed by atoms with Gasteiger partial charge in [-0.05, 0) is 52.9 Å². The van der Waals surface area contributed by atoms with Gasteiger partial charge >= 0.3 is 0 Å². The molecule has 23 heavy (non-hydrogen) atoms. The molecule has 1 N–H and O–H groups in total. The summed E-state index contributed by atoms with van der Waals surface area (Å²) >= 11 is 3.42. The molecule has 1 amide bonds. The predicted molar refractivity (Wildman–Crippen MR) is 93.8 cm³/mol. The highest BCUT2D eigenvalue weighted by Gasteiger charge is 2.23. The first-order chi connectivity index (χ1) is 11.0. The summed E-state index contributed by atoms with van der Waals surface area (Å²) in [5.74, 6) is 0.691. The Hall–Kier alpha value is -1.95. The van der Waals surface area contributed by atoms with E-state index in [1.54, 1.807) is 0 Å². The molecular weight excluding hydrogens is 356 g/mol. The largest absolute Gasteiger partial charge is 0.349 e. The summed E-state index contributed by atoms with van der Waals surface area (Å²) in [5.41, 5.74) is 2.88. The van der Waals surface area contributed by atoms with Gasteiger partial charge in [0.25, 0.3) is 5.91 Å². The molecule has 120 valence electrons. The molecule has 0 spiro atoms. The summed E-state index contributed by atoms with van der Waals surface area (Å²) in [7, 11) is 3.87. The van der Waals surface area contributed by atoms with E-state index >= 15 is 0 Å². The van der Waals surface area contributed by atoms with E-state index in [1.165, 1.54) is 0 Å². The first-order valence-corrected chi connectivity index (χ1v) is 8.41. The van der Waals surface area contributed by atoms with Crippen molar-refractivity contribution < 1.29 is 4.79 Å². The first kappa shape index (κ1) is 15.9. The minimum Gasteiger partial charge on any atom is -0.349 e. The number of halogens is 1. The molecule has 2 aromatic rings. The van der Waals surface area contributed by atoms with E-state index in [2.05, 4.69) is 31.2 Å². The minimum atomic E-state index is -0.0447. The summed E-state index contributed by atoms with van der Waals surface area (Å²) in [6.07, 6.45) is 4.42. The van der Waals surface area contributed by atoms with Crippen molar-refractivity contribution in [2.24, 2.45) is 0 Å². The van der Waals surface area contributed by atoms with Gasteiger partial charge in [0.15, 0.2) is 0 Å². The Morgan fingerprint density at radius 1 is 1.35 bits per heavy atom. The third-order valence-electron chi connectivity index (χ3n) is 3.99. The molecule has 0 saturated heterocycles. The van der Waals surface area contributed by atoms with E-state index in [9.17, 15) is 4.79 Å². The number of carbonyl (C=O) groups excluding carboxylic acids is 1. The number of anilines is 1. The fraction of sp³-hybridized carbons (Fsp3) is 0.353. The number of aryl methyl sites for hydroxylation is 1. The average molecular weight is 375 g/mol. The number of nitrogens with zero attached hydrogens (tertiary/aromatic N) is 3. The van der Waals surface area contributed by atoms with Crippen LogP contribution in [0.3, 0.4) is 0 Å². The summed E-state index contributed by atoms with van der Waals surface area (Å²) < 4.78 is 0.813. The van der Waals surface area contributed by atoms with Crippen LogP contribution in [0.5, 0.6) is 0 Å². The van der Waals surface area contributed by atoms with Crippen molar-refractivity contribution in [3.8, 4) is 0 Å². The number of fused-ring (bicyclic) bond motifs is 1. The van der Waals surface area contributed by atoms with Crippen molar-refractivity contribution in [1.29, 1.82) is 0 Å². The molecule has 0 aliphatic heterocycles. The Morgan fingerprint density at radius 3 is 2.87 bits per heavy atom. The Morgan fingerprint density at radius 2 is 2.13 bits per heavy atom. The molecule has 1 unspecified atom stereocenters. The quantitative estimate of drug-likeness (QED) is 0.896. The molecule has 0 radical (unpaired) electrons. The van der Waals surface area contributed by atoms with Gasteiger partial charge in [-0.15, -0.1) is 0 Å². The molecule has 1 aromatic heterocycles. The van der Waals surface area contributed by atoms with E-state index in [0.29, 0.717) is 5.56 Å². The molecular formula is C17H19BrN4O. The van der Waals surface area contributed by atoms with Crippen LogP contribution in [0.15, 0.2) is 34.9 Å². The average Bonchev–Trinajstić information content (AvgIpc) is 2.54. The number of hydrogen-bond acceptors (Lipinski definition) is 4. The number of nitrogens with one attached hydrogen (secondary N) is 1. The summed E-state index contributed by atoms with van der Waals surface area (Å²) in [5, 5.41) is 3.12. The van der Waals surface area contributed by atoms with Crippen LogP contribution in [-0.4, -0.2) is 36.0 Å². The monoisotopic (exact) mass is 374 g/mol. The van der Waals surface area contributed by atoms with Gasteiger partial charge in [-0.25, -0.2) is 9.97 Å². The molecule has 6 heteroatoms. The molecule has 0 fully saturated rings. The highest BCUT2D eigenvalue weighted by atomic mass is 79.9. The van der Waals surface area contributed by atoms with Crippen LogP contribution in [0.2, 0.25) is 0 Å². The number of amides is 1. The Labute approximate surface area is 144 Å². The van der Waals surface area contributed by atoms with Gasteiger partial charge in [0.1, 0.15) is 0 Å². The Bertz CT molecular complexity index is 732. The van der Waals surface area contributed by atoms with Gasteiger partial charge in [0.05, 0.1) is 5.56 Å². The number of hydrogen-bond donors (Lipinski definition) is 1. The van der Waals surface area contributed by atoms with Crippen LogP contribution in [-0.2, 0) is 12.8 Å². The zero-order valence-electron chi connectivity index (χ0n) is 13.2. The van der Waals surface area contributed by atoms with Gasteiger partial charge < -0.3 is 10.2 Å². The lowest BCUT2D eigenvalue weighted by Crippen LogP contribution is -2.39. The maximum Gasteiger partial charge on any atom is 0.252 e. The molecule has 1 atom stereocenters. The zero-order valence-corrected chi connectivity index (χ0v) is 14.8. The summed E-state index contributed by atoms with van der Waals surface area (Å²) in [6.45, 7) is 0. The standard InChI is InChI=1S/C17H19BrN4O/c1-22(2)17-19-10-11-9-12(7-8-15(11)21-17)20-16(23)13-5-3-4-6-14(13)18/h3-6,10,12H,7-9H2,1-2H3,(H,20,23). The van der Waals surface area contributed by atoms with E-state index in [1.807, 2.05) is 49.5 Å². The van der Waals surface area contributed by atoms with Crippen molar-refractivity contribution in [2.75, 3.05) is 19.0 Å². The predicted octanol–water partition coefficient (Wildman–Crippen LogP) is 2.59. The second-order valence-electron chi connectivity index (χ2n) is 5.93. The molecule has 1 aliphatic carbocycles. The number of aromatic nitrogens is 2. The first-order valence-electron chi connectivity index (χ1n) is 7.62. The Balaban J connectivity index is 1.70. The summed E-state index contributed by atoms with van der Waals surface area (Å²) in [6, 6.07) is 7.59. The zero-order chi connectivity index (χ0) is 16.4. The molecule has 1 aliphatic rings. The van der Waals surface area contributed by atoms with Gasteiger partial charge in [0.2, 0.25) is 5.95 Å². The maximum absolute atomic E-state index is 12.4. The van der Waals surface area contributed by atoms with Crippen molar-refractivity contribution in [2.45, 2.75) is 25.3 Å². The fourth-order valence-electron chi connectivity index (χ4n) is 2.74. The smallest absolute Gasteiger partial charge is 0.252 e. The summed E-state index contributed by atoms with van der Waals surface area (Å²) in [4.78, 5) is 23.3. The van der Waals surface area contributed by atoms with Crippen molar-refractivity contribution in [3.63, 3.8) is 0 Å². The lowest BCUT2D eigenvalue weighted by Gasteiger charge is -2.25. The van der Waals surface area contributed by atoms with Crippen LogP contribution in [0.25, 0.3) is 0 Å². The van der Waals surface area contributed by atoms with Gasteiger partial charge in [0, 0.05) is 36.5 Å². The molecule has 0 bridgehead atoms. The third kappa shape index (κ3) is 3.52. The van der Waals surface area contributed by atoms with E-state index < -0.39 is 0 Å². The van der Waals surface area contributed by atoms with Crippen LogP contribution >= 0.6 is 15.9 Å². The van der Waals surface area contributed by atoms with E-state index in [0.717, 1.165) is 40.9 Å². The second-order valence-corrected chi connectivity index (χ2v) is 6.78. The second kappa shape index (κ2) is 6.66. The van der Waals surface area contributed by atoms with E-state index in [4.69, 9.17) is 0 Å². The van der Waals surface area contributed by atoms with Crippen LogP contribution in [0, 0.1) is 0 Å². The Kier molecular flexibility index (Phi) is 4.61. The highest BCUT2D eigenvalue weighted by Crippen LogP contribution is 2.22. The number of carbonyl (C=O) groups is 1. The lowest BCUT2D eigenvalue weighted by molar-refractivity contribution is 0.0932. The van der Waals surface area contributed by atoms with Gasteiger partial charge in [-0.2, -0.15) is 0 Å². The van der Waals surface area contributed by atoms with Gasteiger partial charge in [-0.3, -0.25) is 4.79 Å². The topological polar surface area (TPSA) is 58.1 Å².